The van der Waals surface area contributed by atoms with Crippen LogP contribution < -0.4 is 10.6 Å². The van der Waals surface area contributed by atoms with Crippen LogP contribution in [0.4, 0.5) is 5.82 Å². The Kier molecular flexibility index (Phi) is 6.57. The molecular weight excluding hydrogens is 328 g/mol. The van der Waals surface area contributed by atoms with E-state index in [1.165, 1.54) is 5.56 Å². The third kappa shape index (κ3) is 5.28. The molecule has 0 spiro atoms. The SMILES string of the molecule is Cc1ccccc1CNC(=O)c1ccc(NCCN2CCOCC2)nc1. The lowest BCUT2D eigenvalue weighted by atomic mass is 10.1. The molecule has 1 aromatic carbocycles. The van der Waals surface area contributed by atoms with Crippen molar-refractivity contribution in [3.05, 3.63) is 59.3 Å². The number of benzene rings is 1. The van der Waals surface area contributed by atoms with E-state index < -0.39 is 0 Å². The highest BCUT2D eigenvalue weighted by Crippen LogP contribution is 2.08. The average Bonchev–Trinajstić information content (AvgIpc) is 2.68. The fourth-order valence-electron chi connectivity index (χ4n) is 2.89. The molecule has 0 atom stereocenters. The number of carbonyl (C=O) groups excluding carboxylic acids is 1. The first kappa shape index (κ1) is 18.4. The summed E-state index contributed by atoms with van der Waals surface area (Å²) in [5.74, 6) is 0.675. The van der Waals surface area contributed by atoms with E-state index in [1.54, 1.807) is 12.3 Å². The van der Waals surface area contributed by atoms with Gasteiger partial charge in [0.1, 0.15) is 5.82 Å². The molecule has 26 heavy (non-hydrogen) atoms. The maximum absolute atomic E-state index is 12.3. The van der Waals surface area contributed by atoms with E-state index in [9.17, 15) is 4.79 Å². The number of hydrogen-bond donors (Lipinski definition) is 2. The van der Waals surface area contributed by atoms with Gasteiger partial charge in [0, 0.05) is 38.9 Å². The van der Waals surface area contributed by atoms with Crippen LogP contribution in [0.15, 0.2) is 42.6 Å². The van der Waals surface area contributed by atoms with Gasteiger partial charge < -0.3 is 15.4 Å². The van der Waals surface area contributed by atoms with Crippen molar-refractivity contribution in [3.63, 3.8) is 0 Å². The second-order valence-electron chi connectivity index (χ2n) is 6.42. The van der Waals surface area contributed by atoms with Crippen molar-refractivity contribution in [3.8, 4) is 0 Å². The van der Waals surface area contributed by atoms with Crippen LogP contribution in [-0.4, -0.2) is 55.2 Å². The van der Waals surface area contributed by atoms with Crippen molar-refractivity contribution in [2.45, 2.75) is 13.5 Å². The van der Waals surface area contributed by atoms with Gasteiger partial charge in [-0.25, -0.2) is 4.98 Å². The summed E-state index contributed by atoms with van der Waals surface area (Å²) in [6.07, 6.45) is 1.62. The average molecular weight is 354 g/mol. The lowest BCUT2D eigenvalue weighted by molar-refractivity contribution is 0.0398. The molecule has 1 fully saturated rings. The Labute approximate surface area is 154 Å². The van der Waals surface area contributed by atoms with E-state index in [-0.39, 0.29) is 5.91 Å². The van der Waals surface area contributed by atoms with Crippen molar-refractivity contribution in [2.24, 2.45) is 0 Å². The van der Waals surface area contributed by atoms with E-state index in [0.29, 0.717) is 12.1 Å². The van der Waals surface area contributed by atoms with E-state index in [2.05, 4.69) is 20.5 Å². The minimum absolute atomic E-state index is 0.111. The number of pyridine rings is 1. The molecule has 138 valence electrons. The fraction of sp³-hybridized carbons (Fsp3) is 0.400. The molecule has 1 saturated heterocycles. The molecule has 0 radical (unpaired) electrons. The predicted molar refractivity (Wildman–Crippen MR) is 102 cm³/mol. The maximum atomic E-state index is 12.3. The van der Waals surface area contributed by atoms with Crippen LogP contribution in [0.2, 0.25) is 0 Å². The van der Waals surface area contributed by atoms with E-state index in [1.807, 2.05) is 37.3 Å². The molecule has 6 heteroatoms. The Morgan fingerprint density at radius 2 is 2.00 bits per heavy atom. The minimum atomic E-state index is -0.111. The summed E-state index contributed by atoms with van der Waals surface area (Å²) in [4.78, 5) is 19.0. The molecule has 0 saturated carbocycles. The topological polar surface area (TPSA) is 66.5 Å². The van der Waals surface area contributed by atoms with Gasteiger partial charge >= 0.3 is 0 Å². The Bertz CT molecular complexity index is 712. The number of aryl methyl sites for hydroxylation is 1. The maximum Gasteiger partial charge on any atom is 0.253 e. The summed E-state index contributed by atoms with van der Waals surface area (Å²) < 4.78 is 5.34. The first-order valence-corrected chi connectivity index (χ1v) is 9.05. The number of ether oxygens (including phenoxy) is 1. The lowest BCUT2D eigenvalue weighted by Crippen LogP contribution is -2.39. The molecule has 6 nitrogen and oxygen atoms in total. The van der Waals surface area contributed by atoms with E-state index >= 15 is 0 Å². The Balaban J connectivity index is 1.44. The van der Waals surface area contributed by atoms with Crippen molar-refractivity contribution in [1.82, 2.24) is 15.2 Å². The molecular formula is C20H26N4O2. The number of amides is 1. The Hall–Kier alpha value is -2.44. The zero-order valence-electron chi connectivity index (χ0n) is 15.2. The van der Waals surface area contributed by atoms with Gasteiger partial charge in [-0.1, -0.05) is 24.3 Å². The molecule has 1 aromatic heterocycles. The first-order valence-electron chi connectivity index (χ1n) is 9.05. The molecule has 0 unspecified atom stereocenters. The van der Waals surface area contributed by atoms with Crippen LogP contribution in [0, 0.1) is 6.92 Å². The Morgan fingerprint density at radius 1 is 1.19 bits per heavy atom. The zero-order chi connectivity index (χ0) is 18.2. The van der Waals surface area contributed by atoms with Crippen molar-refractivity contribution < 1.29 is 9.53 Å². The van der Waals surface area contributed by atoms with Crippen molar-refractivity contribution >= 4 is 11.7 Å². The highest BCUT2D eigenvalue weighted by Gasteiger charge is 2.10. The normalized spacial score (nSPS) is 14.8. The largest absolute Gasteiger partial charge is 0.379 e. The molecule has 2 aromatic rings. The molecule has 3 rings (SSSR count). The van der Waals surface area contributed by atoms with Gasteiger partial charge in [-0.05, 0) is 30.2 Å². The van der Waals surface area contributed by atoms with Gasteiger partial charge in [-0.15, -0.1) is 0 Å². The van der Waals surface area contributed by atoms with E-state index in [0.717, 1.165) is 50.8 Å². The minimum Gasteiger partial charge on any atom is -0.379 e. The summed E-state index contributed by atoms with van der Waals surface area (Å²) in [5, 5.41) is 6.24. The third-order valence-electron chi connectivity index (χ3n) is 4.56. The summed E-state index contributed by atoms with van der Waals surface area (Å²) in [6, 6.07) is 11.7. The standard InChI is InChI=1S/C20H26N4O2/c1-16-4-2-3-5-17(16)14-23-20(25)18-6-7-19(22-15-18)21-8-9-24-10-12-26-13-11-24/h2-7,15H,8-14H2,1H3,(H,21,22)(H,23,25). The van der Waals surface area contributed by atoms with Gasteiger partial charge in [0.05, 0.1) is 18.8 Å². The van der Waals surface area contributed by atoms with E-state index in [4.69, 9.17) is 4.74 Å². The van der Waals surface area contributed by atoms with Crippen LogP contribution in [0.25, 0.3) is 0 Å². The molecule has 1 aliphatic heterocycles. The van der Waals surface area contributed by atoms with Gasteiger partial charge in [0.25, 0.3) is 5.91 Å². The number of carbonyl (C=O) groups is 1. The number of anilines is 1. The zero-order valence-corrected chi connectivity index (χ0v) is 15.2. The second-order valence-corrected chi connectivity index (χ2v) is 6.42. The third-order valence-corrected chi connectivity index (χ3v) is 4.56. The number of morpholine rings is 1. The van der Waals surface area contributed by atoms with Gasteiger partial charge in [-0.3, -0.25) is 9.69 Å². The number of nitrogens with zero attached hydrogens (tertiary/aromatic N) is 2. The summed E-state index contributed by atoms with van der Waals surface area (Å²) in [7, 11) is 0. The molecule has 2 heterocycles. The molecule has 1 aliphatic rings. The monoisotopic (exact) mass is 354 g/mol. The van der Waals surface area contributed by atoms with Gasteiger partial charge in [0.2, 0.25) is 0 Å². The quantitative estimate of drug-likeness (QED) is 0.797. The second kappa shape index (κ2) is 9.31. The number of aromatic nitrogens is 1. The first-order chi connectivity index (χ1) is 12.7. The number of nitrogens with one attached hydrogen (secondary N) is 2. The molecule has 2 N–H and O–H groups in total. The van der Waals surface area contributed by atoms with Crippen LogP contribution in [-0.2, 0) is 11.3 Å². The molecule has 0 aliphatic carbocycles. The Morgan fingerprint density at radius 3 is 2.73 bits per heavy atom. The summed E-state index contributed by atoms with van der Waals surface area (Å²) in [6.45, 7) is 7.93. The smallest absolute Gasteiger partial charge is 0.253 e. The highest BCUT2D eigenvalue weighted by molar-refractivity contribution is 5.94. The van der Waals surface area contributed by atoms with Gasteiger partial charge in [0.15, 0.2) is 0 Å². The number of rotatable bonds is 7. The molecule has 0 bridgehead atoms. The van der Waals surface area contributed by atoms with Crippen LogP contribution in [0.5, 0.6) is 0 Å². The summed E-state index contributed by atoms with van der Waals surface area (Å²) >= 11 is 0. The fourth-order valence-corrected chi connectivity index (χ4v) is 2.89. The predicted octanol–water partition coefficient (Wildman–Crippen LogP) is 2.06. The van der Waals surface area contributed by atoms with Crippen molar-refractivity contribution in [2.75, 3.05) is 44.7 Å². The van der Waals surface area contributed by atoms with Crippen LogP contribution in [0.1, 0.15) is 21.5 Å². The van der Waals surface area contributed by atoms with Crippen molar-refractivity contribution in [1.29, 1.82) is 0 Å². The summed E-state index contributed by atoms with van der Waals surface area (Å²) in [5.41, 5.74) is 2.86. The van der Waals surface area contributed by atoms with Gasteiger partial charge in [-0.2, -0.15) is 0 Å². The molecule has 1 amide bonds. The lowest BCUT2D eigenvalue weighted by Gasteiger charge is -2.26. The van der Waals surface area contributed by atoms with Crippen LogP contribution in [0.3, 0.4) is 0 Å². The number of hydrogen-bond acceptors (Lipinski definition) is 5. The highest BCUT2D eigenvalue weighted by atomic mass is 16.5. The van der Waals surface area contributed by atoms with Crippen LogP contribution >= 0.6 is 0 Å².